The molecule has 4 aromatic rings. The average Bonchev–Trinajstić information content (AvgIpc) is 3.55. The van der Waals surface area contributed by atoms with Gasteiger partial charge in [-0.25, -0.2) is 4.98 Å². The number of fused-ring (bicyclic) bond motifs is 2. The van der Waals surface area contributed by atoms with E-state index in [1.165, 1.54) is 17.5 Å². The van der Waals surface area contributed by atoms with Gasteiger partial charge < -0.3 is 9.47 Å². The summed E-state index contributed by atoms with van der Waals surface area (Å²) in [5.74, 6) is 0.760. The van der Waals surface area contributed by atoms with Crippen LogP contribution in [0.4, 0.5) is 0 Å². The monoisotopic (exact) mass is 455 g/mol. The van der Waals surface area contributed by atoms with Crippen molar-refractivity contribution < 1.29 is 9.47 Å². The second-order valence-corrected chi connectivity index (χ2v) is 9.10. The molecule has 6 rings (SSSR count). The number of aromatic nitrogens is 4. The van der Waals surface area contributed by atoms with E-state index < -0.39 is 0 Å². The van der Waals surface area contributed by atoms with Crippen molar-refractivity contribution >= 4 is 11.0 Å². The molecule has 34 heavy (non-hydrogen) atoms. The molecule has 0 saturated carbocycles. The summed E-state index contributed by atoms with van der Waals surface area (Å²) in [5.41, 5.74) is 9.35. The smallest absolute Gasteiger partial charge is 0.147 e. The van der Waals surface area contributed by atoms with Crippen LogP contribution in [0.25, 0.3) is 33.5 Å². The van der Waals surface area contributed by atoms with Crippen LogP contribution in [0.15, 0.2) is 42.6 Å². The first-order valence-corrected chi connectivity index (χ1v) is 12.1. The Balaban J connectivity index is 1.38. The molecule has 1 atom stereocenters. The normalized spacial score (nSPS) is 17.1. The number of aromatic amines is 1. The fourth-order valence-corrected chi connectivity index (χ4v) is 5.27. The van der Waals surface area contributed by atoms with Crippen molar-refractivity contribution in [3.63, 3.8) is 0 Å². The minimum Gasteiger partial charge on any atom is -0.494 e. The number of morpholine rings is 1. The zero-order valence-electron chi connectivity index (χ0n) is 19.7. The molecule has 1 saturated heterocycles. The van der Waals surface area contributed by atoms with E-state index in [4.69, 9.17) is 19.4 Å². The number of H-pyrrole nitrogens is 1. The molecule has 7 nitrogen and oxygen atoms in total. The number of nitrogens with zero attached hydrogens (tertiary/aromatic N) is 4. The molecule has 174 valence electrons. The van der Waals surface area contributed by atoms with Crippen molar-refractivity contribution in [2.45, 2.75) is 32.2 Å². The van der Waals surface area contributed by atoms with Crippen molar-refractivity contribution in [3.8, 4) is 28.3 Å². The highest BCUT2D eigenvalue weighted by Crippen LogP contribution is 2.38. The van der Waals surface area contributed by atoms with E-state index in [1.807, 2.05) is 12.3 Å². The summed E-state index contributed by atoms with van der Waals surface area (Å²) in [7, 11) is 1.70. The number of methoxy groups -OCH3 is 1. The van der Waals surface area contributed by atoms with Gasteiger partial charge in [0.1, 0.15) is 22.7 Å². The lowest BCUT2D eigenvalue weighted by Gasteiger charge is -2.31. The maximum absolute atomic E-state index is 5.75. The van der Waals surface area contributed by atoms with Crippen LogP contribution >= 0.6 is 0 Å². The van der Waals surface area contributed by atoms with Crippen LogP contribution in [-0.2, 0) is 17.6 Å². The van der Waals surface area contributed by atoms with Crippen molar-refractivity contribution in [2.24, 2.45) is 0 Å². The molecule has 0 amide bonds. The van der Waals surface area contributed by atoms with Gasteiger partial charge in [-0.05, 0) is 49.4 Å². The third kappa shape index (κ3) is 3.65. The maximum atomic E-state index is 5.75. The molecule has 1 unspecified atom stereocenters. The molecule has 4 heterocycles. The highest BCUT2D eigenvalue weighted by molar-refractivity contribution is 5.93. The van der Waals surface area contributed by atoms with Crippen LogP contribution in [0, 0.1) is 0 Å². The van der Waals surface area contributed by atoms with Crippen molar-refractivity contribution in [2.75, 3.05) is 33.4 Å². The van der Waals surface area contributed by atoms with Crippen LogP contribution in [-0.4, -0.2) is 58.5 Å². The largest absolute Gasteiger partial charge is 0.494 e. The molecule has 0 spiro atoms. The Morgan fingerprint density at radius 3 is 2.76 bits per heavy atom. The van der Waals surface area contributed by atoms with Crippen LogP contribution in [0.5, 0.6) is 5.75 Å². The first-order chi connectivity index (χ1) is 16.7. The summed E-state index contributed by atoms with van der Waals surface area (Å²) in [6, 6.07) is 13.0. The lowest BCUT2D eigenvalue weighted by atomic mass is 9.99. The first kappa shape index (κ1) is 21.3. The van der Waals surface area contributed by atoms with Gasteiger partial charge in [0.15, 0.2) is 0 Å². The average molecular weight is 456 g/mol. The number of pyridine rings is 2. The van der Waals surface area contributed by atoms with Crippen LogP contribution < -0.4 is 4.74 Å². The fourth-order valence-electron chi connectivity index (χ4n) is 5.27. The molecule has 7 heteroatoms. The van der Waals surface area contributed by atoms with Crippen molar-refractivity contribution in [1.82, 2.24) is 25.1 Å². The molecule has 1 N–H and O–H groups in total. The standard InChI is InChI=1S/C27H29N5O2/c1-17(32-11-13-34-14-12-32)22-10-9-19(16-28-22)25-27-23(30-31-25)15-24(33-2)26(29-27)21-8-4-6-18-5-3-7-20(18)21/h4,6,8-10,15-17H,3,5,7,11-14H2,1-2H3,(H,30,31). The molecule has 0 radical (unpaired) electrons. The van der Waals surface area contributed by atoms with E-state index in [0.29, 0.717) is 0 Å². The van der Waals surface area contributed by atoms with Crippen LogP contribution in [0.1, 0.15) is 36.2 Å². The second kappa shape index (κ2) is 8.81. The van der Waals surface area contributed by atoms with Gasteiger partial charge in [-0.15, -0.1) is 0 Å². The number of hydrogen-bond acceptors (Lipinski definition) is 6. The number of nitrogens with one attached hydrogen (secondary N) is 1. The third-order valence-electron chi connectivity index (χ3n) is 7.20. The maximum Gasteiger partial charge on any atom is 0.147 e. The van der Waals surface area contributed by atoms with Gasteiger partial charge in [0, 0.05) is 42.5 Å². The highest BCUT2D eigenvalue weighted by Gasteiger charge is 2.22. The first-order valence-electron chi connectivity index (χ1n) is 12.1. The third-order valence-corrected chi connectivity index (χ3v) is 7.20. The molecule has 1 aromatic carbocycles. The van der Waals surface area contributed by atoms with E-state index >= 15 is 0 Å². The van der Waals surface area contributed by atoms with E-state index in [2.05, 4.69) is 52.4 Å². The van der Waals surface area contributed by atoms with Crippen molar-refractivity contribution in [3.05, 3.63) is 59.4 Å². The Kier molecular flexibility index (Phi) is 5.51. The zero-order valence-corrected chi connectivity index (χ0v) is 19.7. The summed E-state index contributed by atoms with van der Waals surface area (Å²) >= 11 is 0. The zero-order chi connectivity index (χ0) is 23.1. The number of aryl methyl sites for hydroxylation is 1. The Bertz CT molecular complexity index is 1330. The fraction of sp³-hybridized carbons (Fsp3) is 0.370. The Labute approximate surface area is 199 Å². The topological polar surface area (TPSA) is 76.2 Å². The highest BCUT2D eigenvalue weighted by atomic mass is 16.5. The van der Waals surface area contributed by atoms with Gasteiger partial charge in [0.25, 0.3) is 0 Å². The van der Waals surface area contributed by atoms with Crippen molar-refractivity contribution in [1.29, 1.82) is 0 Å². The van der Waals surface area contributed by atoms with Gasteiger partial charge >= 0.3 is 0 Å². The van der Waals surface area contributed by atoms with Crippen LogP contribution in [0.3, 0.4) is 0 Å². The summed E-state index contributed by atoms with van der Waals surface area (Å²) in [4.78, 5) is 12.3. The Hall–Kier alpha value is -3.29. The number of benzene rings is 1. The summed E-state index contributed by atoms with van der Waals surface area (Å²) < 4.78 is 11.2. The SMILES string of the molecule is COc1cc2[nH]nc(-c3ccc(C(C)N4CCOCC4)nc3)c2nc1-c1cccc2c1CCC2. The molecule has 3 aromatic heterocycles. The number of ether oxygens (including phenoxy) is 2. The molecular weight excluding hydrogens is 426 g/mol. The second-order valence-electron chi connectivity index (χ2n) is 9.10. The van der Waals surface area contributed by atoms with E-state index in [9.17, 15) is 0 Å². The van der Waals surface area contributed by atoms with E-state index in [-0.39, 0.29) is 6.04 Å². The summed E-state index contributed by atoms with van der Waals surface area (Å²) in [6.07, 6.45) is 5.31. The van der Waals surface area contributed by atoms with E-state index in [1.54, 1.807) is 7.11 Å². The summed E-state index contributed by atoms with van der Waals surface area (Å²) in [6.45, 7) is 5.64. The van der Waals surface area contributed by atoms with Gasteiger partial charge in [0.2, 0.25) is 0 Å². The van der Waals surface area contributed by atoms with Gasteiger partial charge in [-0.2, -0.15) is 5.10 Å². The molecular formula is C27H29N5O2. The van der Waals surface area contributed by atoms with Gasteiger partial charge in [-0.1, -0.05) is 18.2 Å². The molecule has 1 fully saturated rings. The molecule has 1 aliphatic carbocycles. The minimum atomic E-state index is 0.253. The van der Waals surface area contributed by atoms with Gasteiger partial charge in [0.05, 0.1) is 31.5 Å². The Morgan fingerprint density at radius 2 is 1.97 bits per heavy atom. The predicted octanol–water partition coefficient (Wildman–Crippen LogP) is 4.58. The number of hydrogen-bond donors (Lipinski definition) is 1. The van der Waals surface area contributed by atoms with Crippen LogP contribution in [0.2, 0.25) is 0 Å². The minimum absolute atomic E-state index is 0.253. The summed E-state index contributed by atoms with van der Waals surface area (Å²) in [5, 5.41) is 7.74. The lowest BCUT2D eigenvalue weighted by Crippen LogP contribution is -2.38. The molecule has 1 aliphatic heterocycles. The molecule has 0 bridgehead atoms. The Morgan fingerprint density at radius 1 is 1.09 bits per heavy atom. The molecule has 2 aliphatic rings. The van der Waals surface area contributed by atoms with E-state index in [0.717, 1.165) is 84.1 Å². The predicted molar refractivity (Wildman–Crippen MR) is 132 cm³/mol. The van der Waals surface area contributed by atoms with Gasteiger partial charge in [-0.3, -0.25) is 15.0 Å². The quantitative estimate of drug-likeness (QED) is 0.475. The lowest BCUT2D eigenvalue weighted by molar-refractivity contribution is 0.0191. The number of rotatable bonds is 5.